The van der Waals surface area contributed by atoms with Crippen molar-refractivity contribution in [2.75, 3.05) is 12.8 Å². The molecule has 2 aromatic heterocycles. The van der Waals surface area contributed by atoms with Gasteiger partial charge in [0.1, 0.15) is 5.75 Å². The highest BCUT2D eigenvalue weighted by atomic mass is 32.1. The largest absolute Gasteiger partial charge is 0.497 e. The topological polar surface area (TPSA) is 65.4 Å². The molecule has 2 N–H and O–H groups in total. The van der Waals surface area contributed by atoms with E-state index < -0.39 is 0 Å². The zero-order valence-corrected chi connectivity index (χ0v) is 9.94. The van der Waals surface area contributed by atoms with Crippen molar-refractivity contribution in [1.82, 2.24) is 14.6 Å². The Morgan fingerprint density at radius 1 is 1.29 bits per heavy atom. The molecule has 5 nitrogen and oxygen atoms in total. The quantitative estimate of drug-likeness (QED) is 0.751. The third kappa shape index (κ3) is 1.62. The molecule has 0 radical (unpaired) electrons. The lowest BCUT2D eigenvalue weighted by molar-refractivity contribution is 0.415. The Bertz CT molecular complexity index is 656. The maximum atomic E-state index is 5.57. The van der Waals surface area contributed by atoms with E-state index in [4.69, 9.17) is 10.5 Å². The number of nitrogen functional groups attached to an aromatic ring is 1. The predicted octanol–water partition coefficient (Wildman–Crippen LogP) is 2.05. The van der Waals surface area contributed by atoms with Gasteiger partial charge in [0.05, 0.1) is 12.8 Å². The molecule has 0 saturated heterocycles. The summed E-state index contributed by atoms with van der Waals surface area (Å²) in [5.41, 5.74) is 7.61. The van der Waals surface area contributed by atoms with Crippen LogP contribution in [0.1, 0.15) is 0 Å². The van der Waals surface area contributed by atoms with Crippen LogP contribution in [0.4, 0.5) is 5.95 Å². The molecular formula is C11H10N4OS. The molecule has 0 amide bonds. The summed E-state index contributed by atoms with van der Waals surface area (Å²) >= 11 is 1.52. The minimum absolute atomic E-state index is 0.298. The molecule has 86 valence electrons. The first-order valence-corrected chi connectivity index (χ1v) is 5.90. The van der Waals surface area contributed by atoms with Crippen molar-refractivity contribution >= 4 is 22.2 Å². The smallest absolute Gasteiger partial charge is 0.241 e. The van der Waals surface area contributed by atoms with Crippen LogP contribution in [0.3, 0.4) is 0 Å². The highest BCUT2D eigenvalue weighted by Gasteiger charge is 2.09. The third-order valence-electron chi connectivity index (χ3n) is 2.48. The number of hydrogen-bond donors (Lipinski definition) is 1. The lowest BCUT2D eigenvalue weighted by Crippen LogP contribution is -1.91. The van der Waals surface area contributed by atoms with Gasteiger partial charge in [-0.25, -0.2) is 4.52 Å². The van der Waals surface area contributed by atoms with Gasteiger partial charge in [-0.3, -0.25) is 0 Å². The number of thiazole rings is 1. The average Bonchev–Trinajstić information content (AvgIpc) is 2.88. The monoisotopic (exact) mass is 246 g/mol. The summed E-state index contributed by atoms with van der Waals surface area (Å²) in [4.78, 5) is 4.92. The van der Waals surface area contributed by atoms with Crippen LogP contribution in [0.15, 0.2) is 29.6 Å². The van der Waals surface area contributed by atoms with Crippen LogP contribution in [-0.4, -0.2) is 21.7 Å². The number of rotatable bonds is 2. The van der Waals surface area contributed by atoms with Gasteiger partial charge in [0.2, 0.25) is 10.9 Å². The van der Waals surface area contributed by atoms with Crippen molar-refractivity contribution in [3.63, 3.8) is 0 Å². The highest BCUT2D eigenvalue weighted by Crippen LogP contribution is 2.26. The van der Waals surface area contributed by atoms with Crippen LogP contribution in [0, 0.1) is 0 Å². The van der Waals surface area contributed by atoms with E-state index in [1.54, 1.807) is 11.6 Å². The molecule has 17 heavy (non-hydrogen) atoms. The van der Waals surface area contributed by atoms with Crippen molar-refractivity contribution in [3.8, 4) is 17.0 Å². The fourth-order valence-corrected chi connectivity index (χ4v) is 2.49. The van der Waals surface area contributed by atoms with Crippen LogP contribution >= 0.6 is 11.3 Å². The Hall–Kier alpha value is -2.08. The Kier molecular flexibility index (Phi) is 2.22. The standard InChI is InChI=1S/C11H10N4OS/c1-16-8-4-2-7(3-5-8)9-6-17-11-13-10(12)14-15(9)11/h2-6H,1H3,(H2,12,14). The lowest BCUT2D eigenvalue weighted by atomic mass is 10.2. The van der Waals surface area contributed by atoms with E-state index in [-0.39, 0.29) is 0 Å². The second kappa shape index (κ2) is 3.74. The van der Waals surface area contributed by atoms with E-state index in [0.717, 1.165) is 22.0 Å². The SMILES string of the molecule is COc1ccc(-c2csc3nc(N)nn23)cc1. The number of aromatic nitrogens is 3. The molecule has 6 heteroatoms. The lowest BCUT2D eigenvalue weighted by Gasteiger charge is -2.01. The minimum atomic E-state index is 0.298. The maximum Gasteiger partial charge on any atom is 0.241 e. The molecule has 0 unspecified atom stereocenters. The van der Waals surface area contributed by atoms with Gasteiger partial charge in [-0.2, -0.15) is 4.98 Å². The summed E-state index contributed by atoms with van der Waals surface area (Å²) in [5, 5.41) is 6.17. The number of ether oxygens (including phenoxy) is 1. The van der Waals surface area contributed by atoms with Crippen molar-refractivity contribution in [2.24, 2.45) is 0 Å². The Morgan fingerprint density at radius 2 is 2.06 bits per heavy atom. The number of anilines is 1. The predicted molar refractivity (Wildman–Crippen MR) is 67.3 cm³/mol. The summed E-state index contributed by atoms with van der Waals surface area (Å²) in [6.07, 6.45) is 0. The second-order valence-electron chi connectivity index (χ2n) is 3.51. The van der Waals surface area contributed by atoms with Crippen molar-refractivity contribution in [1.29, 1.82) is 0 Å². The van der Waals surface area contributed by atoms with E-state index in [9.17, 15) is 0 Å². The Morgan fingerprint density at radius 3 is 2.76 bits per heavy atom. The second-order valence-corrected chi connectivity index (χ2v) is 4.35. The van der Waals surface area contributed by atoms with Crippen molar-refractivity contribution in [3.05, 3.63) is 29.6 Å². The molecule has 0 aliphatic carbocycles. The van der Waals surface area contributed by atoms with Gasteiger partial charge in [-0.1, -0.05) is 0 Å². The van der Waals surface area contributed by atoms with Gasteiger partial charge in [0, 0.05) is 10.9 Å². The number of methoxy groups -OCH3 is 1. The third-order valence-corrected chi connectivity index (χ3v) is 3.30. The Labute approximate surface area is 101 Å². The summed E-state index contributed by atoms with van der Waals surface area (Å²) < 4.78 is 6.88. The first kappa shape index (κ1) is 10.1. The molecule has 0 aliphatic heterocycles. The zero-order chi connectivity index (χ0) is 11.8. The molecule has 2 heterocycles. The molecule has 0 spiro atoms. The van der Waals surface area contributed by atoms with Crippen LogP contribution in [0.5, 0.6) is 5.75 Å². The van der Waals surface area contributed by atoms with Crippen LogP contribution in [-0.2, 0) is 0 Å². The van der Waals surface area contributed by atoms with Gasteiger partial charge < -0.3 is 10.5 Å². The molecule has 0 fully saturated rings. The number of benzene rings is 1. The molecule has 0 aliphatic rings. The van der Waals surface area contributed by atoms with E-state index in [2.05, 4.69) is 10.1 Å². The fourth-order valence-electron chi connectivity index (χ4n) is 1.66. The van der Waals surface area contributed by atoms with Gasteiger partial charge in [-0.05, 0) is 24.3 Å². The molecule has 0 saturated carbocycles. The van der Waals surface area contributed by atoms with Crippen LogP contribution in [0.2, 0.25) is 0 Å². The van der Waals surface area contributed by atoms with Crippen molar-refractivity contribution in [2.45, 2.75) is 0 Å². The zero-order valence-electron chi connectivity index (χ0n) is 9.12. The number of fused-ring (bicyclic) bond motifs is 1. The molecule has 1 aromatic carbocycles. The number of nitrogens with two attached hydrogens (primary N) is 1. The van der Waals surface area contributed by atoms with E-state index in [1.165, 1.54) is 11.3 Å². The highest BCUT2D eigenvalue weighted by molar-refractivity contribution is 7.15. The van der Waals surface area contributed by atoms with Crippen LogP contribution < -0.4 is 10.5 Å². The molecular weight excluding hydrogens is 236 g/mol. The van der Waals surface area contributed by atoms with Gasteiger partial charge in [0.15, 0.2) is 0 Å². The summed E-state index contributed by atoms with van der Waals surface area (Å²) in [6, 6.07) is 7.80. The first-order chi connectivity index (χ1) is 8.28. The number of nitrogens with zero attached hydrogens (tertiary/aromatic N) is 3. The van der Waals surface area contributed by atoms with Gasteiger partial charge in [0.25, 0.3) is 0 Å². The fraction of sp³-hybridized carbons (Fsp3) is 0.0909. The summed E-state index contributed by atoms with van der Waals surface area (Å²) in [5.74, 6) is 1.13. The maximum absolute atomic E-state index is 5.57. The van der Waals surface area contributed by atoms with Crippen molar-refractivity contribution < 1.29 is 4.74 Å². The summed E-state index contributed by atoms with van der Waals surface area (Å²) in [7, 11) is 1.65. The summed E-state index contributed by atoms with van der Waals surface area (Å²) in [6.45, 7) is 0. The normalized spacial score (nSPS) is 10.9. The molecule has 0 bridgehead atoms. The van der Waals surface area contributed by atoms with E-state index >= 15 is 0 Å². The van der Waals surface area contributed by atoms with E-state index in [0.29, 0.717) is 5.95 Å². The van der Waals surface area contributed by atoms with Gasteiger partial charge >= 0.3 is 0 Å². The van der Waals surface area contributed by atoms with E-state index in [1.807, 2.05) is 29.6 Å². The first-order valence-electron chi connectivity index (χ1n) is 5.02. The average molecular weight is 246 g/mol. The number of hydrogen-bond acceptors (Lipinski definition) is 5. The van der Waals surface area contributed by atoms with Crippen LogP contribution in [0.25, 0.3) is 16.2 Å². The minimum Gasteiger partial charge on any atom is -0.497 e. The Balaban J connectivity index is 2.12. The molecule has 3 rings (SSSR count). The molecule has 0 atom stereocenters. The molecule has 3 aromatic rings. The van der Waals surface area contributed by atoms with Gasteiger partial charge in [-0.15, -0.1) is 16.4 Å².